The summed E-state index contributed by atoms with van der Waals surface area (Å²) in [6.07, 6.45) is 10.0. The molecule has 2 fully saturated rings. The molecule has 0 atom stereocenters. The molecule has 2 aliphatic rings. The normalized spacial score (nSPS) is 16.0. The van der Waals surface area contributed by atoms with E-state index in [1.54, 1.807) is 6.20 Å². The second-order valence-electron chi connectivity index (χ2n) is 7.58. The van der Waals surface area contributed by atoms with Crippen molar-refractivity contribution in [3.63, 3.8) is 0 Å². The molecular weight excluding hydrogens is 352 g/mol. The molecule has 2 saturated carbocycles. The zero-order valence-corrected chi connectivity index (χ0v) is 15.4. The van der Waals surface area contributed by atoms with Crippen LogP contribution >= 0.6 is 0 Å². The van der Waals surface area contributed by atoms with Crippen molar-refractivity contribution in [2.75, 3.05) is 10.6 Å². The lowest BCUT2D eigenvalue weighted by atomic mass is 10.1. The van der Waals surface area contributed by atoms with Crippen LogP contribution in [0.15, 0.2) is 36.8 Å². The number of carbonyl (C=O) groups excluding carboxylic acids is 1. The van der Waals surface area contributed by atoms with Crippen LogP contribution in [-0.2, 0) is 11.3 Å². The van der Waals surface area contributed by atoms with Crippen LogP contribution in [0, 0.1) is 17.2 Å². The van der Waals surface area contributed by atoms with Crippen molar-refractivity contribution in [1.29, 1.82) is 5.26 Å². The summed E-state index contributed by atoms with van der Waals surface area (Å²) in [7, 11) is 0. The maximum Gasteiger partial charge on any atom is 0.228 e. The number of hydrogen-bond acceptors (Lipinski definition) is 5. The first-order valence-corrected chi connectivity index (χ1v) is 9.62. The molecule has 3 aromatic rings. The fraction of sp³-hybridized carbons (Fsp3) is 0.333. The van der Waals surface area contributed by atoms with Gasteiger partial charge in [0.25, 0.3) is 0 Å². The Morgan fingerprint density at radius 3 is 2.86 bits per heavy atom. The number of rotatable bonds is 6. The van der Waals surface area contributed by atoms with E-state index in [4.69, 9.17) is 0 Å². The highest BCUT2D eigenvalue weighted by atomic mass is 16.2. The predicted octanol–water partition coefficient (Wildman–Crippen LogP) is 3.44. The lowest BCUT2D eigenvalue weighted by molar-refractivity contribution is -0.117. The van der Waals surface area contributed by atoms with E-state index in [9.17, 15) is 10.1 Å². The van der Waals surface area contributed by atoms with E-state index in [-0.39, 0.29) is 11.8 Å². The van der Waals surface area contributed by atoms with Crippen LogP contribution in [0.4, 0.5) is 11.5 Å². The minimum Gasteiger partial charge on any atom is -0.379 e. The number of carbonyl (C=O) groups is 1. The number of nitrogens with zero attached hydrogens (tertiary/aromatic N) is 4. The third kappa shape index (κ3) is 3.41. The summed E-state index contributed by atoms with van der Waals surface area (Å²) >= 11 is 0. The fourth-order valence-corrected chi connectivity index (χ4v) is 3.35. The summed E-state index contributed by atoms with van der Waals surface area (Å²) in [6.45, 7) is 0.519. The van der Waals surface area contributed by atoms with Crippen LogP contribution < -0.4 is 10.6 Å². The molecule has 3 heterocycles. The first-order chi connectivity index (χ1) is 13.7. The molecule has 0 aromatic carbocycles. The first kappa shape index (κ1) is 16.8. The van der Waals surface area contributed by atoms with Crippen molar-refractivity contribution in [3.8, 4) is 6.07 Å². The van der Waals surface area contributed by atoms with Gasteiger partial charge in [-0.2, -0.15) is 5.26 Å². The van der Waals surface area contributed by atoms with Gasteiger partial charge in [0.1, 0.15) is 11.9 Å². The van der Waals surface area contributed by atoms with Crippen LogP contribution in [0.5, 0.6) is 0 Å². The Morgan fingerprint density at radius 1 is 1.25 bits per heavy atom. The number of anilines is 2. The molecule has 28 heavy (non-hydrogen) atoms. The Bertz CT molecular complexity index is 1100. The van der Waals surface area contributed by atoms with Gasteiger partial charge in [0.05, 0.1) is 17.8 Å². The Labute approximate surface area is 162 Å². The van der Waals surface area contributed by atoms with Gasteiger partial charge in [-0.05, 0) is 49.3 Å². The number of hydrogen-bond donors (Lipinski definition) is 2. The molecule has 2 aliphatic carbocycles. The molecule has 0 saturated heterocycles. The van der Waals surface area contributed by atoms with Crippen LogP contribution in [0.1, 0.15) is 48.4 Å². The van der Waals surface area contributed by atoms with Gasteiger partial charge in [0.2, 0.25) is 5.91 Å². The summed E-state index contributed by atoms with van der Waals surface area (Å²) < 4.78 is 1.96. The van der Waals surface area contributed by atoms with Crippen LogP contribution in [0.2, 0.25) is 0 Å². The topological polar surface area (TPSA) is 95.1 Å². The van der Waals surface area contributed by atoms with Gasteiger partial charge in [-0.15, -0.1) is 0 Å². The van der Waals surface area contributed by atoms with Crippen LogP contribution in [0.25, 0.3) is 5.65 Å². The fourth-order valence-electron chi connectivity index (χ4n) is 3.35. The van der Waals surface area contributed by atoms with Gasteiger partial charge in [0.15, 0.2) is 5.65 Å². The average molecular weight is 372 g/mol. The van der Waals surface area contributed by atoms with E-state index in [0.29, 0.717) is 29.5 Å². The molecule has 1 amide bonds. The maximum atomic E-state index is 11.9. The van der Waals surface area contributed by atoms with Gasteiger partial charge >= 0.3 is 0 Å². The number of pyridine rings is 2. The van der Waals surface area contributed by atoms with E-state index in [0.717, 1.165) is 24.2 Å². The Morgan fingerprint density at radius 2 is 2.11 bits per heavy atom. The van der Waals surface area contributed by atoms with Gasteiger partial charge < -0.3 is 15.0 Å². The zero-order valence-electron chi connectivity index (χ0n) is 15.4. The summed E-state index contributed by atoms with van der Waals surface area (Å²) in [5, 5.41) is 15.6. The molecule has 2 N–H and O–H groups in total. The largest absolute Gasteiger partial charge is 0.379 e. The van der Waals surface area contributed by atoms with Crippen molar-refractivity contribution in [2.45, 2.75) is 38.1 Å². The molecule has 5 rings (SSSR count). The lowest BCUT2D eigenvalue weighted by Crippen LogP contribution is -2.14. The second kappa shape index (κ2) is 6.64. The highest BCUT2D eigenvalue weighted by Crippen LogP contribution is 2.40. The molecular formula is C21H20N6O. The maximum absolute atomic E-state index is 11.9. The molecule has 0 spiro atoms. The van der Waals surface area contributed by atoms with Crippen molar-refractivity contribution in [2.24, 2.45) is 5.92 Å². The summed E-state index contributed by atoms with van der Waals surface area (Å²) in [5.74, 6) is 1.33. The van der Waals surface area contributed by atoms with Crippen LogP contribution in [-0.4, -0.2) is 20.3 Å². The average Bonchev–Trinajstić information content (AvgIpc) is 3.61. The van der Waals surface area contributed by atoms with E-state index < -0.39 is 0 Å². The Balaban J connectivity index is 1.32. The van der Waals surface area contributed by atoms with Gasteiger partial charge in [0, 0.05) is 36.3 Å². The summed E-state index contributed by atoms with van der Waals surface area (Å²) in [4.78, 5) is 20.7. The molecule has 0 aliphatic heterocycles. The summed E-state index contributed by atoms with van der Waals surface area (Å²) in [6, 6.07) is 7.91. The summed E-state index contributed by atoms with van der Waals surface area (Å²) in [5.41, 5.74) is 4.23. The second-order valence-corrected chi connectivity index (χ2v) is 7.58. The van der Waals surface area contributed by atoms with Crippen molar-refractivity contribution < 1.29 is 4.79 Å². The highest BCUT2D eigenvalue weighted by molar-refractivity contribution is 5.93. The number of nitrogens with one attached hydrogen (secondary N) is 2. The number of nitriles is 1. The molecule has 140 valence electrons. The third-order valence-corrected chi connectivity index (χ3v) is 5.22. The molecule has 3 aromatic heterocycles. The molecule has 0 radical (unpaired) electrons. The molecule has 0 bridgehead atoms. The molecule has 7 heteroatoms. The van der Waals surface area contributed by atoms with E-state index in [1.165, 1.54) is 18.4 Å². The number of fused-ring (bicyclic) bond motifs is 1. The quantitative estimate of drug-likeness (QED) is 0.691. The standard InChI is InChI=1S/C21H20N6O/c22-9-15-7-16(13-1-2-13)11-27-12-18(25-20(15)27)10-24-17-5-6-23-19(8-17)26-21(28)14-3-4-14/h5-8,11-14H,1-4,10H2,(H2,23,24,26,28). The monoisotopic (exact) mass is 372 g/mol. The Hall–Kier alpha value is -3.40. The van der Waals surface area contributed by atoms with Crippen molar-refractivity contribution >= 4 is 23.1 Å². The predicted molar refractivity (Wildman–Crippen MR) is 105 cm³/mol. The highest BCUT2D eigenvalue weighted by Gasteiger charge is 2.29. The van der Waals surface area contributed by atoms with Gasteiger partial charge in [-0.1, -0.05) is 0 Å². The van der Waals surface area contributed by atoms with E-state index in [2.05, 4.69) is 32.9 Å². The smallest absolute Gasteiger partial charge is 0.228 e. The number of amides is 1. The lowest BCUT2D eigenvalue weighted by Gasteiger charge is -2.07. The molecule has 7 nitrogen and oxygen atoms in total. The first-order valence-electron chi connectivity index (χ1n) is 9.62. The van der Waals surface area contributed by atoms with Gasteiger partial charge in [-0.3, -0.25) is 4.79 Å². The molecule has 0 unspecified atom stereocenters. The van der Waals surface area contributed by atoms with Crippen molar-refractivity contribution in [1.82, 2.24) is 14.4 Å². The zero-order chi connectivity index (χ0) is 19.1. The minimum absolute atomic E-state index is 0.0421. The van der Waals surface area contributed by atoms with Crippen LogP contribution in [0.3, 0.4) is 0 Å². The number of imidazole rings is 1. The van der Waals surface area contributed by atoms with E-state index >= 15 is 0 Å². The van der Waals surface area contributed by atoms with Crippen molar-refractivity contribution in [3.05, 3.63) is 53.6 Å². The third-order valence-electron chi connectivity index (χ3n) is 5.22. The minimum atomic E-state index is 0.0421. The van der Waals surface area contributed by atoms with E-state index in [1.807, 2.05) is 28.8 Å². The number of aromatic nitrogens is 3. The Kier molecular flexibility index (Phi) is 3.97. The SMILES string of the molecule is N#Cc1cc(C2CC2)cn2cc(CNc3ccnc(NC(=O)C4CC4)c3)nc12. The van der Waals surface area contributed by atoms with Gasteiger partial charge in [-0.25, -0.2) is 9.97 Å².